The van der Waals surface area contributed by atoms with Crippen molar-refractivity contribution >= 4 is 5.84 Å². The second kappa shape index (κ2) is 2.66. The molecule has 0 spiro atoms. The largest absolute Gasteiger partial charge is 0.357 e. The van der Waals surface area contributed by atoms with Gasteiger partial charge < -0.3 is 5.73 Å². The van der Waals surface area contributed by atoms with Gasteiger partial charge in [0.2, 0.25) is 5.84 Å². The number of hydrogen-bond donors (Lipinski definition) is 3. The molecule has 0 saturated heterocycles. The van der Waals surface area contributed by atoms with Crippen LogP contribution >= 0.6 is 0 Å². The molecule has 0 rings (SSSR count). The summed E-state index contributed by atoms with van der Waals surface area (Å²) in [6.07, 6.45) is 0.736. The fourth-order valence-corrected chi connectivity index (χ4v) is 0.204. The lowest BCUT2D eigenvalue weighted by molar-refractivity contribution is -0.366. The van der Waals surface area contributed by atoms with Crippen molar-refractivity contribution in [2.45, 2.75) is 6.42 Å². The molecule has 0 aromatic heterocycles. The van der Waals surface area contributed by atoms with Crippen molar-refractivity contribution in [3.63, 3.8) is 0 Å². The lowest BCUT2D eigenvalue weighted by atomic mass is 10.4. The first kappa shape index (κ1) is 5.43. The Balaban J connectivity index is 2.83. The summed E-state index contributed by atoms with van der Waals surface area (Å²) in [5.41, 5.74) is 8.60. The summed E-state index contributed by atoms with van der Waals surface area (Å²) in [5.74, 6) is 0.477. The van der Waals surface area contributed by atoms with Crippen molar-refractivity contribution in [1.29, 1.82) is 0 Å². The SMILES string of the molecule is NC(=[NH2+])CC[NH3+]. The van der Waals surface area contributed by atoms with Gasteiger partial charge in [-0.15, -0.1) is 0 Å². The highest BCUT2D eigenvalue weighted by atomic mass is 14.7. The van der Waals surface area contributed by atoms with Crippen molar-refractivity contribution in [3.8, 4) is 0 Å². The molecule has 0 radical (unpaired) electrons. The average molecular weight is 89.1 g/mol. The van der Waals surface area contributed by atoms with E-state index in [1.54, 1.807) is 0 Å². The van der Waals surface area contributed by atoms with Gasteiger partial charge in [0, 0.05) is 0 Å². The molecule has 0 heterocycles. The fourth-order valence-electron chi connectivity index (χ4n) is 0.204. The van der Waals surface area contributed by atoms with E-state index in [1.807, 2.05) is 0 Å². The Kier molecular flexibility index (Phi) is 2.40. The van der Waals surface area contributed by atoms with Gasteiger partial charge in [0.25, 0.3) is 0 Å². The monoisotopic (exact) mass is 89.1 g/mol. The van der Waals surface area contributed by atoms with Gasteiger partial charge in [0.05, 0.1) is 13.0 Å². The van der Waals surface area contributed by atoms with Crippen molar-refractivity contribution in [2.75, 3.05) is 6.54 Å². The predicted molar refractivity (Wildman–Crippen MR) is 23.5 cm³/mol. The summed E-state index contributed by atoms with van der Waals surface area (Å²) >= 11 is 0. The van der Waals surface area contributed by atoms with E-state index >= 15 is 0 Å². The zero-order chi connectivity index (χ0) is 4.99. The Morgan fingerprint density at radius 1 is 1.83 bits per heavy atom. The quantitative estimate of drug-likeness (QED) is 0.241. The topological polar surface area (TPSA) is 79.2 Å². The predicted octanol–water partition coefficient (Wildman–Crippen LogP) is -3.27. The maximum Gasteiger partial charge on any atom is 0.244 e. The molecule has 36 valence electrons. The molecule has 0 aliphatic carbocycles. The summed E-state index contributed by atoms with van der Waals surface area (Å²) < 4.78 is 0. The van der Waals surface area contributed by atoms with Crippen LogP contribution in [0.2, 0.25) is 0 Å². The summed E-state index contributed by atoms with van der Waals surface area (Å²) in [7, 11) is 0. The molecule has 3 nitrogen and oxygen atoms in total. The van der Waals surface area contributed by atoms with Crippen molar-refractivity contribution in [3.05, 3.63) is 0 Å². The third-order valence-corrected chi connectivity index (χ3v) is 0.465. The van der Waals surface area contributed by atoms with Crippen LogP contribution in [0.4, 0.5) is 0 Å². The molecule has 0 aromatic rings. The number of nitrogens with two attached hydrogens (primary N) is 2. The van der Waals surface area contributed by atoms with Gasteiger partial charge >= 0.3 is 0 Å². The van der Waals surface area contributed by atoms with E-state index in [-0.39, 0.29) is 0 Å². The smallest absolute Gasteiger partial charge is 0.244 e. The first-order chi connectivity index (χ1) is 2.77. The van der Waals surface area contributed by atoms with Crippen LogP contribution in [0.3, 0.4) is 0 Å². The van der Waals surface area contributed by atoms with E-state index in [2.05, 4.69) is 5.73 Å². The van der Waals surface area contributed by atoms with Crippen molar-refractivity contribution < 1.29 is 11.1 Å². The van der Waals surface area contributed by atoms with Gasteiger partial charge in [-0.1, -0.05) is 0 Å². The van der Waals surface area contributed by atoms with Gasteiger partial charge in [-0.2, -0.15) is 0 Å². The van der Waals surface area contributed by atoms with E-state index < -0.39 is 0 Å². The maximum atomic E-state index is 5.06. The summed E-state index contributed by atoms with van der Waals surface area (Å²) in [6.45, 7) is 0.794. The second-order valence-electron chi connectivity index (χ2n) is 1.18. The van der Waals surface area contributed by atoms with Gasteiger partial charge in [-0.05, 0) is 0 Å². The Hall–Kier alpha value is -0.570. The molecule has 6 heavy (non-hydrogen) atoms. The highest BCUT2D eigenvalue weighted by molar-refractivity contribution is 5.73. The molecule has 0 aliphatic heterocycles. The van der Waals surface area contributed by atoms with Crippen LogP contribution in [0.1, 0.15) is 6.42 Å². The number of amidine groups is 1. The van der Waals surface area contributed by atoms with Gasteiger partial charge in [0.1, 0.15) is 0 Å². The Labute approximate surface area is 36.8 Å². The molecule has 7 N–H and O–H groups in total. The van der Waals surface area contributed by atoms with Crippen LogP contribution in [-0.2, 0) is 0 Å². The van der Waals surface area contributed by atoms with Crippen LogP contribution in [0, 0.1) is 0 Å². The Morgan fingerprint density at radius 2 is 2.33 bits per heavy atom. The first-order valence-electron chi connectivity index (χ1n) is 1.93. The zero-order valence-electron chi connectivity index (χ0n) is 3.78. The number of quaternary nitrogens is 1. The summed E-state index contributed by atoms with van der Waals surface area (Å²) in [5, 5.41) is 5.06. The third kappa shape index (κ3) is 3.43. The van der Waals surface area contributed by atoms with E-state index in [0.717, 1.165) is 13.0 Å². The van der Waals surface area contributed by atoms with E-state index in [0.29, 0.717) is 5.84 Å². The highest BCUT2D eigenvalue weighted by Gasteiger charge is 1.89. The van der Waals surface area contributed by atoms with Crippen LogP contribution < -0.4 is 16.9 Å². The molecule has 0 unspecified atom stereocenters. The van der Waals surface area contributed by atoms with Crippen molar-refractivity contribution in [1.82, 2.24) is 0 Å². The minimum absolute atomic E-state index is 0.477. The van der Waals surface area contributed by atoms with E-state index in [4.69, 9.17) is 11.1 Å². The van der Waals surface area contributed by atoms with Crippen LogP contribution in [0.5, 0.6) is 0 Å². The molecule has 0 aromatic carbocycles. The van der Waals surface area contributed by atoms with Crippen LogP contribution in [0.15, 0.2) is 0 Å². The maximum absolute atomic E-state index is 5.06. The molecule has 0 saturated carbocycles. The lowest BCUT2D eigenvalue weighted by Gasteiger charge is -1.77. The normalized spacial score (nSPS) is 8.17. The van der Waals surface area contributed by atoms with Gasteiger partial charge in [0.15, 0.2) is 0 Å². The molecule has 0 aliphatic rings. The Morgan fingerprint density at radius 3 is 2.33 bits per heavy atom. The molecule has 0 atom stereocenters. The minimum atomic E-state index is 0.477. The second-order valence-corrected chi connectivity index (χ2v) is 1.18. The summed E-state index contributed by atoms with van der Waals surface area (Å²) in [6, 6.07) is 0. The minimum Gasteiger partial charge on any atom is -0.357 e. The van der Waals surface area contributed by atoms with Gasteiger partial charge in [-0.25, -0.2) is 0 Å². The fraction of sp³-hybridized carbons (Fsp3) is 0.667. The Bertz CT molecular complexity index is 50.0. The molecule has 0 fully saturated rings. The van der Waals surface area contributed by atoms with Gasteiger partial charge in [-0.3, -0.25) is 11.1 Å². The van der Waals surface area contributed by atoms with Crippen LogP contribution in [0.25, 0.3) is 0 Å². The molecule has 3 heteroatoms. The first-order valence-corrected chi connectivity index (χ1v) is 1.93. The molecule has 0 amide bonds. The number of hydrogen-bond acceptors (Lipinski definition) is 0. The molecular formula is C3H11N3+2. The summed E-state index contributed by atoms with van der Waals surface area (Å²) in [4.78, 5) is 0. The zero-order valence-corrected chi connectivity index (χ0v) is 3.78. The van der Waals surface area contributed by atoms with E-state index in [1.165, 1.54) is 0 Å². The molecule has 0 bridgehead atoms. The van der Waals surface area contributed by atoms with Crippen molar-refractivity contribution in [2.24, 2.45) is 5.73 Å². The average Bonchev–Trinajstić information content (AvgIpc) is 1.35. The third-order valence-electron chi connectivity index (χ3n) is 0.465. The van der Waals surface area contributed by atoms with Crippen LogP contribution in [-0.4, -0.2) is 12.4 Å². The van der Waals surface area contributed by atoms with E-state index in [9.17, 15) is 0 Å². The lowest BCUT2D eigenvalue weighted by Crippen LogP contribution is -2.55. The highest BCUT2D eigenvalue weighted by Crippen LogP contribution is 1.57. The standard InChI is InChI=1S/C3H9N3/c4-2-1-3(5)6/h1-2,4H2,(H3,5,6)/p+2. The molecular weight excluding hydrogens is 78.1 g/mol. The number of rotatable bonds is 2.